The minimum absolute atomic E-state index is 0.0473. The Morgan fingerprint density at radius 1 is 1.32 bits per heavy atom. The molecule has 0 amide bonds. The van der Waals surface area contributed by atoms with Gasteiger partial charge < -0.3 is 5.11 Å². The number of carbonyl (C=O) groups excluding carboxylic acids is 1. The van der Waals surface area contributed by atoms with Crippen LogP contribution < -0.4 is 0 Å². The first-order valence-corrected chi connectivity index (χ1v) is 8.43. The predicted molar refractivity (Wildman–Crippen MR) is 90.8 cm³/mol. The van der Waals surface area contributed by atoms with Crippen molar-refractivity contribution in [3.8, 4) is 0 Å². The molecule has 5 heteroatoms. The van der Waals surface area contributed by atoms with Crippen LogP contribution in [0.25, 0.3) is 0 Å². The molecule has 0 radical (unpaired) electrons. The molecule has 0 aliphatic heterocycles. The van der Waals surface area contributed by atoms with Crippen molar-refractivity contribution in [2.45, 2.75) is 43.6 Å². The minimum Gasteiger partial charge on any atom is -0.396 e. The molecule has 1 aromatic carbocycles. The highest BCUT2D eigenvalue weighted by Crippen LogP contribution is 2.49. The van der Waals surface area contributed by atoms with Crippen molar-refractivity contribution in [3.63, 3.8) is 0 Å². The van der Waals surface area contributed by atoms with Gasteiger partial charge in [-0.05, 0) is 51.1 Å². The van der Waals surface area contributed by atoms with E-state index in [4.69, 9.17) is 28.3 Å². The van der Waals surface area contributed by atoms with Gasteiger partial charge in [0.2, 0.25) is 0 Å². The summed E-state index contributed by atoms with van der Waals surface area (Å²) in [7, 11) is 3.89. The highest BCUT2D eigenvalue weighted by atomic mass is 35.5. The third kappa shape index (κ3) is 3.33. The molecule has 1 aliphatic rings. The zero-order valence-electron chi connectivity index (χ0n) is 13.1. The van der Waals surface area contributed by atoms with Crippen molar-refractivity contribution in [1.29, 1.82) is 0 Å². The van der Waals surface area contributed by atoms with Gasteiger partial charge in [0.25, 0.3) is 0 Å². The SMILES string of the molecule is CN(C)C(C(=O)CCCO)C1(c2ccc(Cl)c(Cl)c2)CCC1. The number of rotatable bonds is 7. The molecule has 1 unspecified atom stereocenters. The summed E-state index contributed by atoms with van der Waals surface area (Å²) in [5.41, 5.74) is 0.897. The number of nitrogens with zero attached hydrogens (tertiary/aromatic N) is 1. The summed E-state index contributed by atoms with van der Waals surface area (Å²) in [4.78, 5) is 14.7. The fourth-order valence-corrected chi connectivity index (χ4v) is 3.86. The lowest BCUT2D eigenvalue weighted by atomic mass is 9.58. The molecular weight excluding hydrogens is 321 g/mol. The fraction of sp³-hybridized carbons (Fsp3) is 0.588. The summed E-state index contributed by atoms with van der Waals surface area (Å²) in [6.45, 7) is 0.0473. The molecule has 0 bridgehead atoms. The quantitative estimate of drug-likeness (QED) is 0.820. The van der Waals surface area contributed by atoms with E-state index in [1.54, 1.807) is 0 Å². The standard InChI is InChI=1S/C17H23Cl2NO2/c1-20(2)16(15(22)5-3-10-21)17(8-4-9-17)12-6-7-13(18)14(19)11-12/h6-7,11,16,21H,3-5,8-10H2,1-2H3. The molecule has 0 heterocycles. The number of benzene rings is 1. The predicted octanol–water partition coefficient (Wildman–Crippen LogP) is 3.69. The average molecular weight is 344 g/mol. The Morgan fingerprint density at radius 3 is 2.45 bits per heavy atom. The van der Waals surface area contributed by atoms with E-state index in [0.717, 1.165) is 24.8 Å². The van der Waals surface area contributed by atoms with Crippen LogP contribution in [0.1, 0.15) is 37.7 Å². The summed E-state index contributed by atoms with van der Waals surface area (Å²) in [5.74, 6) is 0.185. The summed E-state index contributed by atoms with van der Waals surface area (Å²) in [6.07, 6.45) is 3.97. The zero-order valence-corrected chi connectivity index (χ0v) is 14.6. The highest BCUT2D eigenvalue weighted by Gasteiger charge is 2.49. The average Bonchev–Trinajstić information content (AvgIpc) is 2.42. The van der Waals surface area contributed by atoms with E-state index in [9.17, 15) is 4.79 Å². The van der Waals surface area contributed by atoms with Gasteiger partial charge in [0.05, 0.1) is 16.1 Å². The smallest absolute Gasteiger partial charge is 0.150 e. The molecule has 0 aromatic heterocycles. The largest absolute Gasteiger partial charge is 0.396 e. The van der Waals surface area contributed by atoms with Gasteiger partial charge in [0.15, 0.2) is 5.78 Å². The Morgan fingerprint density at radius 2 is 2.00 bits per heavy atom. The number of aliphatic hydroxyl groups is 1. The van der Waals surface area contributed by atoms with Crippen LogP contribution >= 0.6 is 23.2 Å². The lowest BCUT2D eigenvalue weighted by Crippen LogP contribution is -2.56. The number of hydrogen-bond acceptors (Lipinski definition) is 3. The maximum atomic E-state index is 12.7. The molecule has 122 valence electrons. The molecule has 0 saturated heterocycles. The first-order chi connectivity index (χ1) is 10.4. The summed E-state index contributed by atoms with van der Waals surface area (Å²) in [5, 5.41) is 10.1. The number of likely N-dealkylation sites (N-methyl/N-ethyl adjacent to an activating group) is 1. The minimum atomic E-state index is -0.190. The molecule has 1 atom stereocenters. The second-order valence-electron chi connectivity index (χ2n) is 6.30. The van der Waals surface area contributed by atoms with E-state index in [-0.39, 0.29) is 23.8 Å². The van der Waals surface area contributed by atoms with Crippen molar-refractivity contribution < 1.29 is 9.90 Å². The van der Waals surface area contributed by atoms with Crippen LogP contribution in [0.15, 0.2) is 18.2 Å². The van der Waals surface area contributed by atoms with Crippen molar-refractivity contribution in [2.24, 2.45) is 0 Å². The lowest BCUT2D eigenvalue weighted by molar-refractivity contribution is -0.127. The van der Waals surface area contributed by atoms with Crippen LogP contribution in [0.2, 0.25) is 10.0 Å². The van der Waals surface area contributed by atoms with Gasteiger partial charge in [0.1, 0.15) is 0 Å². The normalized spacial score (nSPS) is 18.1. The molecule has 3 nitrogen and oxygen atoms in total. The molecule has 1 aliphatic carbocycles. The molecular formula is C17H23Cl2NO2. The van der Waals surface area contributed by atoms with E-state index in [0.29, 0.717) is 22.9 Å². The number of halogens is 2. The first-order valence-electron chi connectivity index (χ1n) is 7.68. The van der Waals surface area contributed by atoms with Gasteiger partial charge in [-0.3, -0.25) is 9.69 Å². The monoisotopic (exact) mass is 343 g/mol. The van der Waals surface area contributed by atoms with Crippen molar-refractivity contribution in [2.75, 3.05) is 20.7 Å². The Labute approximate surface area is 142 Å². The third-order valence-electron chi connectivity index (χ3n) is 4.67. The number of hydrogen-bond donors (Lipinski definition) is 1. The second kappa shape index (κ2) is 7.31. The van der Waals surface area contributed by atoms with Crippen molar-refractivity contribution >= 4 is 29.0 Å². The molecule has 1 saturated carbocycles. The molecule has 0 spiro atoms. The maximum Gasteiger partial charge on any atom is 0.150 e. The van der Waals surface area contributed by atoms with Gasteiger partial charge in [0, 0.05) is 18.4 Å². The van der Waals surface area contributed by atoms with E-state index in [1.807, 2.05) is 37.2 Å². The van der Waals surface area contributed by atoms with Gasteiger partial charge in [-0.1, -0.05) is 35.7 Å². The third-order valence-corrected chi connectivity index (χ3v) is 5.41. The van der Waals surface area contributed by atoms with Crippen molar-refractivity contribution in [3.05, 3.63) is 33.8 Å². The molecule has 1 N–H and O–H groups in total. The van der Waals surface area contributed by atoms with E-state index >= 15 is 0 Å². The van der Waals surface area contributed by atoms with E-state index in [1.165, 1.54) is 0 Å². The van der Waals surface area contributed by atoms with Crippen LogP contribution in [-0.2, 0) is 10.2 Å². The molecule has 2 rings (SSSR count). The Hall–Kier alpha value is -0.610. The molecule has 1 aromatic rings. The van der Waals surface area contributed by atoms with Crippen LogP contribution in [0.4, 0.5) is 0 Å². The molecule has 22 heavy (non-hydrogen) atoms. The topological polar surface area (TPSA) is 40.5 Å². The number of aliphatic hydroxyl groups excluding tert-OH is 1. The van der Waals surface area contributed by atoms with E-state index < -0.39 is 0 Å². The van der Waals surface area contributed by atoms with Gasteiger partial charge in [-0.2, -0.15) is 0 Å². The van der Waals surface area contributed by atoms with Crippen molar-refractivity contribution in [1.82, 2.24) is 4.90 Å². The number of ketones is 1. The van der Waals surface area contributed by atoms with Gasteiger partial charge >= 0.3 is 0 Å². The Balaban J connectivity index is 2.36. The Bertz CT molecular complexity index is 541. The molecule has 1 fully saturated rings. The highest BCUT2D eigenvalue weighted by molar-refractivity contribution is 6.42. The van der Waals surface area contributed by atoms with Gasteiger partial charge in [-0.25, -0.2) is 0 Å². The van der Waals surface area contributed by atoms with Crippen LogP contribution in [-0.4, -0.2) is 42.5 Å². The fourth-order valence-electron chi connectivity index (χ4n) is 3.56. The van der Waals surface area contributed by atoms with E-state index in [2.05, 4.69) is 0 Å². The summed E-state index contributed by atoms with van der Waals surface area (Å²) in [6, 6.07) is 5.51. The maximum absolute atomic E-state index is 12.7. The van der Waals surface area contributed by atoms with Crippen LogP contribution in [0.3, 0.4) is 0 Å². The van der Waals surface area contributed by atoms with Crippen LogP contribution in [0.5, 0.6) is 0 Å². The Kier molecular flexibility index (Phi) is 5.89. The number of carbonyl (C=O) groups is 1. The zero-order chi connectivity index (χ0) is 16.3. The number of Topliss-reactive ketones (excluding diaryl/α,β-unsaturated/α-hetero) is 1. The second-order valence-corrected chi connectivity index (χ2v) is 7.11. The van der Waals surface area contributed by atoms with Crippen LogP contribution in [0, 0.1) is 0 Å². The summed E-state index contributed by atoms with van der Waals surface area (Å²) >= 11 is 12.2. The van der Waals surface area contributed by atoms with Gasteiger partial charge in [-0.15, -0.1) is 0 Å². The summed E-state index contributed by atoms with van der Waals surface area (Å²) < 4.78 is 0. The lowest BCUT2D eigenvalue weighted by Gasteiger charge is -2.50. The first kappa shape index (κ1) is 17.7.